The standard InChI is InChI=1S/C22H34N6O3.HI/c1-7-19-18(21(31-6)28(4)26-19)14-24-22(25-15-20(29)27(2)3)23-13-12-16-8-10-17(30-5)11-9-16;/h8-11H,7,12-15H2,1-6H3,(H2,23,24,25);1H. The van der Waals surface area contributed by atoms with Gasteiger partial charge in [0, 0.05) is 27.7 Å². The van der Waals surface area contributed by atoms with E-state index in [0.717, 1.165) is 29.8 Å². The number of methoxy groups -OCH3 is 2. The lowest BCUT2D eigenvalue weighted by Gasteiger charge is -2.15. The number of halogens is 1. The Morgan fingerprint density at radius 2 is 1.84 bits per heavy atom. The molecule has 0 aliphatic carbocycles. The van der Waals surface area contributed by atoms with Crippen LogP contribution in [0.15, 0.2) is 29.3 Å². The first-order valence-corrected chi connectivity index (χ1v) is 10.3. The second kappa shape index (κ2) is 13.8. The van der Waals surface area contributed by atoms with Gasteiger partial charge in [-0.2, -0.15) is 5.10 Å². The molecule has 2 aromatic rings. The zero-order chi connectivity index (χ0) is 22.8. The molecule has 0 saturated carbocycles. The number of carbonyl (C=O) groups is 1. The number of benzene rings is 1. The van der Waals surface area contributed by atoms with E-state index in [9.17, 15) is 4.79 Å². The van der Waals surface area contributed by atoms with E-state index in [1.165, 1.54) is 5.56 Å². The van der Waals surface area contributed by atoms with Crippen molar-refractivity contribution in [3.8, 4) is 11.6 Å². The van der Waals surface area contributed by atoms with Crippen LogP contribution in [0.5, 0.6) is 11.6 Å². The molecule has 0 spiro atoms. The highest BCUT2D eigenvalue weighted by molar-refractivity contribution is 14.0. The van der Waals surface area contributed by atoms with Crippen LogP contribution in [0.4, 0.5) is 0 Å². The molecule has 0 atom stereocenters. The van der Waals surface area contributed by atoms with Crippen molar-refractivity contribution in [1.82, 2.24) is 25.3 Å². The van der Waals surface area contributed by atoms with Gasteiger partial charge in [0.25, 0.3) is 0 Å². The van der Waals surface area contributed by atoms with E-state index in [1.54, 1.807) is 37.9 Å². The average molecular weight is 558 g/mol. The molecule has 9 nitrogen and oxygen atoms in total. The summed E-state index contributed by atoms with van der Waals surface area (Å²) in [6.45, 7) is 3.27. The molecule has 178 valence electrons. The number of carbonyl (C=O) groups excluding carboxylic acids is 1. The van der Waals surface area contributed by atoms with Crippen LogP contribution >= 0.6 is 24.0 Å². The van der Waals surface area contributed by atoms with Gasteiger partial charge in [-0.05, 0) is 30.5 Å². The van der Waals surface area contributed by atoms with Crippen molar-refractivity contribution in [2.75, 3.05) is 41.4 Å². The maximum atomic E-state index is 12.0. The number of nitrogens with zero attached hydrogens (tertiary/aromatic N) is 4. The Morgan fingerprint density at radius 1 is 1.16 bits per heavy atom. The summed E-state index contributed by atoms with van der Waals surface area (Å²) in [5, 5.41) is 10.9. The number of guanidine groups is 1. The molecule has 0 unspecified atom stereocenters. The number of ether oxygens (including phenoxy) is 2. The summed E-state index contributed by atoms with van der Waals surface area (Å²) in [5.74, 6) is 2.07. The first-order chi connectivity index (χ1) is 14.9. The SMILES string of the molecule is CCc1nn(C)c(OC)c1CN=C(NCCc1ccc(OC)cc1)NCC(=O)N(C)C.I. The Bertz CT molecular complexity index is 881. The highest BCUT2D eigenvalue weighted by atomic mass is 127. The van der Waals surface area contributed by atoms with Gasteiger partial charge < -0.3 is 25.0 Å². The summed E-state index contributed by atoms with van der Waals surface area (Å²) in [5.41, 5.74) is 3.08. The normalized spacial score (nSPS) is 10.9. The highest BCUT2D eigenvalue weighted by Crippen LogP contribution is 2.22. The Hall–Kier alpha value is -2.50. The van der Waals surface area contributed by atoms with Crippen LogP contribution in [-0.4, -0.2) is 68.0 Å². The predicted molar refractivity (Wildman–Crippen MR) is 137 cm³/mol. The van der Waals surface area contributed by atoms with Gasteiger partial charge >= 0.3 is 0 Å². The van der Waals surface area contributed by atoms with Crippen LogP contribution in [0.1, 0.15) is 23.7 Å². The van der Waals surface area contributed by atoms with Crippen molar-refractivity contribution in [2.45, 2.75) is 26.3 Å². The third-order valence-corrected chi connectivity index (χ3v) is 4.87. The quantitative estimate of drug-likeness (QED) is 0.263. The van der Waals surface area contributed by atoms with Gasteiger partial charge in [0.15, 0.2) is 5.96 Å². The third kappa shape index (κ3) is 7.88. The molecule has 32 heavy (non-hydrogen) atoms. The monoisotopic (exact) mass is 558 g/mol. The number of hydrogen-bond donors (Lipinski definition) is 2. The highest BCUT2D eigenvalue weighted by Gasteiger charge is 2.15. The van der Waals surface area contributed by atoms with Crippen molar-refractivity contribution in [3.05, 3.63) is 41.1 Å². The number of likely N-dealkylation sites (N-methyl/N-ethyl adjacent to an activating group) is 1. The fourth-order valence-electron chi connectivity index (χ4n) is 3.07. The molecule has 0 bridgehead atoms. The van der Waals surface area contributed by atoms with E-state index < -0.39 is 0 Å². The number of hydrogen-bond acceptors (Lipinski definition) is 5. The Labute approximate surface area is 207 Å². The van der Waals surface area contributed by atoms with Gasteiger partial charge in [-0.15, -0.1) is 24.0 Å². The molecule has 0 fully saturated rings. The number of aromatic nitrogens is 2. The summed E-state index contributed by atoms with van der Waals surface area (Å²) < 4.78 is 12.4. The van der Waals surface area contributed by atoms with E-state index in [4.69, 9.17) is 9.47 Å². The number of amides is 1. The van der Waals surface area contributed by atoms with Crippen molar-refractivity contribution in [2.24, 2.45) is 12.0 Å². The Balaban J connectivity index is 0.00000512. The van der Waals surface area contributed by atoms with E-state index >= 15 is 0 Å². The van der Waals surface area contributed by atoms with Gasteiger partial charge in [-0.3, -0.25) is 4.79 Å². The molecule has 2 rings (SSSR count). The smallest absolute Gasteiger partial charge is 0.241 e. The summed E-state index contributed by atoms with van der Waals surface area (Å²) in [7, 11) is 8.60. The summed E-state index contributed by atoms with van der Waals surface area (Å²) >= 11 is 0. The zero-order valence-electron chi connectivity index (χ0n) is 19.8. The first-order valence-electron chi connectivity index (χ1n) is 10.3. The first kappa shape index (κ1) is 27.5. The van der Waals surface area contributed by atoms with E-state index in [1.807, 2.05) is 31.3 Å². The summed E-state index contributed by atoms with van der Waals surface area (Å²) in [6, 6.07) is 7.96. The second-order valence-corrected chi connectivity index (χ2v) is 7.24. The fourth-order valence-corrected chi connectivity index (χ4v) is 3.07. The number of aliphatic imine (C=N–C) groups is 1. The van der Waals surface area contributed by atoms with Crippen LogP contribution < -0.4 is 20.1 Å². The molecule has 0 radical (unpaired) electrons. The summed E-state index contributed by atoms with van der Waals surface area (Å²) in [4.78, 5) is 18.2. The van der Waals surface area contributed by atoms with Crippen LogP contribution in [0.3, 0.4) is 0 Å². The van der Waals surface area contributed by atoms with Gasteiger partial charge in [0.2, 0.25) is 11.8 Å². The minimum absolute atomic E-state index is 0. The van der Waals surface area contributed by atoms with E-state index in [2.05, 4.69) is 27.6 Å². The maximum Gasteiger partial charge on any atom is 0.241 e. The molecular weight excluding hydrogens is 523 g/mol. The molecule has 2 N–H and O–H groups in total. The zero-order valence-corrected chi connectivity index (χ0v) is 22.1. The second-order valence-electron chi connectivity index (χ2n) is 7.24. The van der Waals surface area contributed by atoms with Crippen LogP contribution in [-0.2, 0) is 31.2 Å². The van der Waals surface area contributed by atoms with Crippen LogP contribution in [0.2, 0.25) is 0 Å². The van der Waals surface area contributed by atoms with Crippen LogP contribution in [0.25, 0.3) is 0 Å². The van der Waals surface area contributed by atoms with Gasteiger partial charge in [-0.1, -0.05) is 19.1 Å². The summed E-state index contributed by atoms with van der Waals surface area (Å²) in [6.07, 6.45) is 1.59. The molecule has 0 aliphatic rings. The fraction of sp³-hybridized carbons (Fsp3) is 0.500. The largest absolute Gasteiger partial charge is 0.497 e. The number of aryl methyl sites for hydroxylation is 2. The van der Waals surface area contributed by atoms with Crippen molar-refractivity contribution < 1.29 is 14.3 Å². The van der Waals surface area contributed by atoms with Crippen molar-refractivity contribution in [1.29, 1.82) is 0 Å². The molecule has 1 heterocycles. The van der Waals surface area contributed by atoms with Crippen LogP contribution in [0, 0.1) is 0 Å². The van der Waals surface area contributed by atoms with Gasteiger partial charge in [0.05, 0.1) is 38.6 Å². The molecule has 0 saturated heterocycles. The minimum atomic E-state index is -0.0298. The molecule has 1 amide bonds. The van der Waals surface area contributed by atoms with E-state index in [0.29, 0.717) is 24.9 Å². The number of rotatable bonds is 10. The maximum absolute atomic E-state index is 12.0. The third-order valence-electron chi connectivity index (χ3n) is 4.87. The Kier molecular flexibility index (Phi) is 11.9. The van der Waals surface area contributed by atoms with E-state index in [-0.39, 0.29) is 36.4 Å². The lowest BCUT2D eigenvalue weighted by atomic mass is 10.1. The molecule has 1 aromatic heterocycles. The Morgan fingerprint density at radius 3 is 2.41 bits per heavy atom. The molecule has 10 heteroatoms. The molecule has 0 aliphatic heterocycles. The number of nitrogens with one attached hydrogen (secondary N) is 2. The average Bonchev–Trinajstić information content (AvgIpc) is 3.09. The van der Waals surface area contributed by atoms with Gasteiger partial charge in [-0.25, -0.2) is 9.67 Å². The topological polar surface area (TPSA) is 93.0 Å². The van der Waals surface area contributed by atoms with Crippen molar-refractivity contribution in [3.63, 3.8) is 0 Å². The lowest BCUT2D eigenvalue weighted by molar-refractivity contribution is -0.127. The lowest BCUT2D eigenvalue weighted by Crippen LogP contribution is -2.43. The van der Waals surface area contributed by atoms with Crippen molar-refractivity contribution >= 4 is 35.8 Å². The minimum Gasteiger partial charge on any atom is -0.497 e. The molecular formula is C22H35IN6O3. The van der Waals surface area contributed by atoms with Gasteiger partial charge in [0.1, 0.15) is 5.75 Å². The molecule has 1 aromatic carbocycles. The predicted octanol–water partition coefficient (Wildman–Crippen LogP) is 1.98.